The van der Waals surface area contributed by atoms with Gasteiger partial charge in [-0.25, -0.2) is 0 Å². The lowest BCUT2D eigenvalue weighted by atomic mass is 10.1. The summed E-state index contributed by atoms with van der Waals surface area (Å²) in [5.74, 6) is -1.14. The third kappa shape index (κ3) is 3.51. The van der Waals surface area contributed by atoms with E-state index in [2.05, 4.69) is 10.1 Å². The van der Waals surface area contributed by atoms with E-state index >= 15 is 0 Å². The van der Waals surface area contributed by atoms with Gasteiger partial charge >= 0.3 is 5.97 Å². The molecular weight excluding hydrogens is 290 g/mol. The Kier molecular flexibility index (Phi) is 4.92. The molecule has 0 aliphatic carbocycles. The van der Waals surface area contributed by atoms with Crippen molar-refractivity contribution in [3.63, 3.8) is 0 Å². The number of nitrogens with zero attached hydrogens (tertiary/aromatic N) is 2. The van der Waals surface area contributed by atoms with Crippen molar-refractivity contribution in [1.29, 1.82) is 0 Å². The number of nitrogens with one attached hydrogen (secondary N) is 1. The molecule has 1 aliphatic heterocycles. The molecule has 1 N–H and O–H groups in total. The minimum atomic E-state index is -0.587. The molecule has 1 aromatic carbocycles. The predicted octanol–water partition coefficient (Wildman–Crippen LogP) is 1.10. The molecule has 0 bridgehead atoms. The highest BCUT2D eigenvalue weighted by Crippen LogP contribution is 2.31. The molecular formula is C14H17N3O5. The Hall–Kier alpha value is -2.64. The number of nitro benzene ring substituents is 1. The molecule has 1 aromatic rings. The fourth-order valence-electron chi connectivity index (χ4n) is 2.36. The Bertz CT molecular complexity index is 596. The second-order valence-electron chi connectivity index (χ2n) is 4.91. The van der Waals surface area contributed by atoms with E-state index in [4.69, 9.17) is 0 Å². The molecule has 0 atom stereocenters. The molecule has 0 unspecified atom stereocenters. The summed E-state index contributed by atoms with van der Waals surface area (Å²) in [5.41, 5.74) is 0.554. The third-order valence-corrected chi connectivity index (χ3v) is 3.50. The van der Waals surface area contributed by atoms with E-state index in [0.717, 1.165) is 25.9 Å². The van der Waals surface area contributed by atoms with E-state index in [-0.39, 0.29) is 17.8 Å². The first-order valence-corrected chi connectivity index (χ1v) is 6.91. The number of carbonyl (C=O) groups is 2. The number of hydrogen-bond acceptors (Lipinski definition) is 6. The Morgan fingerprint density at radius 3 is 2.64 bits per heavy atom. The monoisotopic (exact) mass is 307 g/mol. The van der Waals surface area contributed by atoms with Crippen LogP contribution in [0.5, 0.6) is 0 Å². The summed E-state index contributed by atoms with van der Waals surface area (Å²) in [6, 6.07) is 4.34. The summed E-state index contributed by atoms with van der Waals surface area (Å²) in [5, 5.41) is 13.6. The SMILES string of the molecule is COC(=O)CNC(=O)c1ccc(N2CCCC2)c([N+](=O)[O-])c1. The zero-order valence-electron chi connectivity index (χ0n) is 12.2. The zero-order chi connectivity index (χ0) is 16.1. The zero-order valence-corrected chi connectivity index (χ0v) is 12.2. The summed E-state index contributed by atoms with van der Waals surface area (Å²) in [7, 11) is 1.21. The number of anilines is 1. The Morgan fingerprint density at radius 1 is 1.36 bits per heavy atom. The van der Waals surface area contributed by atoms with Gasteiger partial charge in [0.15, 0.2) is 0 Å². The average molecular weight is 307 g/mol. The molecule has 1 fully saturated rings. The van der Waals surface area contributed by atoms with Crippen LogP contribution < -0.4 is 10.2 Å². The number of amides is 1. The first-order valence-electron chi connectivity index (χ1n) is 6.91. The first-order chi connectivity index (χ1) is 10.5. The van der Waals surface area contributed by atoms with Gasteiger partial charge in [-0.1, -0.05) is 0 Å². The van der Waals surface area contributed by atoms with Gasteiger partial charge in [-0.2, -0.15) is 0 Å². The van der Waals surface area contributed by atoms with Crippen molar-refractivity contribution in [3.8, 4) is 0 Å². The molecule has 1 heterocycles. The second-order valence-corrected chi connectivity index (χ2v) is 4.91. The molecule has 0 spiro atoms. The summed E-state index contributed by atoms with van der Waals surface area (Å²) in [4.78, 5) is 35.6. The van der Waals surface area contributed by atoms with Crippen molar-refractivity contribution in [2.24, 2.45) is 0 Å². The summed E-state index contributed by atoms with van der Waals surface area (Å²) >= 11 is 0. The minimum Gasteiger partial charge on any atom is -0.468 e. The highest BCUT2D eigenvalue weighted by Gasteiger charge is 2.23. The number of rotatable bonds is 5. The highest BCUT2D eigenvalue weighted by molar-refractivity contribution is 5.97. The minimum absolute atomic E-state index is 0.104. The fraction of sp³-hybridized carbons (Fsp3) is 0.429. The lowest BCUT2D eigenvalue weighted by Crippen LogP contribution is -2.30. The van der Waals surface area contributed by atoms with Crippen LogP contribution in [0.1, 0.15) is 23.2 Å². The third-order valence-electron chi connectivity index (χ3n) is 3.50. The number of hydrogen-bond donors (Lipinski definition) is 1. The lowest BCUT2D eigenvalue weighted by molar-refractivity contribution is -0.384. The quantitative estimate of drug-likeness (QED) is 0.496. The van der Waals surface area contributed by atoms with Crippen LogP contribution in [-0.4, -0.2) is 43.5 Å². The van der Waals surface area contributed by atoms with Gasteiger partial charge in [0, 0.05) is 24.7 Å². The number of methoxy groups -OCH3 is 1. The van der Waals surface area contributed by atoms with Crippen molar-refractivity contribution in [2.75, 3.05) is 31.6 Å². The molecule has 1 saturated heterocycles. The second kappa shape index (κ2) is 6.88. The lowest BCUT2D eigenvalue weighted by Gasteiger charge is -2.17. The maximum atomic E-state index is 11.9. The maximum absolute atomic E-state index is 11.9. The van der Waals surface area contributed by atoms with Crippen molar-refractivity contribution < 1.29 is 19.2 Å². The van der Waals surface area contributed by atoms with Gasteiger partial charge in [-0.05, 0) is 25.0 Å². The molecule has 118 valence electrons. The van der Waals surface area contributed by atoms with Crippen LogP contribution in [-0.2, 0) is 9.53 Å². The van der Waals surface area contributed by atoms with Crippen LogP contribution in [0.2, 0.25) is 0 Å². The largest absolute Gasteiger partial charge is 0.468 e. The maximum Gasteiger partial charge on any atom is 0.325 e. The summed E-state index contributed by atoms with van der Waals surface area (Å²) in [6.45, 7) is 1.26. The van der Waals surface area contributed by atoms with Gasteiger partial charge in [0.25, 0.3) is 11.6 Å². The smallest absolute Gasteiger partial charge is 0.325 e. The van der Waals surface area contributed by atoms with Gasteiger partial charge in [-0.3, -0.25) is 19.7 Å². The van der Waals surface area contributed by atoms with E-state index in [1.54, 1.807) is 6.07 Å². The van der Waals surface area contributed by atoms with E-state index in [0.29, 0.717) is 5.69 Å². The Morgan fingerprint density at radius 2 is 2.05 bits per heavy atom. The number of nitro groups is 1. The Balaban J connectivity index is 2.19. The molecule has 1 aliphatic rings. The molecule has 8 nitrogen and oxygen atoms in total. The van der Waals surface area contributed by atoms with Crippen LogP contribution in [0.25, 0.3) is 0 Å². The highest BCUT2D eigenvalue weighted by atomic mass is 16.6. The van der Waals surface area contributed by atoms with Crippen LogP contribution in [0.3, 0.4) is 0 Å². The van der Waals surface area contributed by atoms with E-state index in [1.807, 2.05) is 4.90 Å². The number of carbonyl (C=O) groups excluding carboxylic acids is 2. The van der Waals surface area contributed by atoms with Crippen LogP contribution >= 0.6 is 0 Å². The number of ether oxygens (including phenoxy) is 1. The topological polar surface area (TPSA) is 102 Å². The molecule has 2 rings (SSSR count). The molecule has 8 heteroatoms. The molecule has 0 radical (unpaired) electrons. The summed E-state index contributed by atoms with van der Waals surface area (Å²) in [6.07, 6.45) is 2.00. The van der Waals surface area contributed by atoms with E-state index < -0.39 is 16.8 Å². The van der Waals surface area contributed by atoms with Crippen molar-refractivity contribution in [2.45, 2.75) is 12.8 Å². The van der Waals surface area contributed by atoms with Gasteiger partial charge in [0.2, 0.25) is 0 Å². The predicted molar refractivity (Wildman–Crippen MR) is 78.9 cm³/mol. The van der Waals surface area contributed by atoms with Gasteiger partial charge < -0.3 is 15.0 Å². The van der Waals surface area contributed by atoms with Gasteiger partial charge in [-0.15, -0.1) is 0 Å². The van der Waals surface area contributed by atoms with E-state index in [1.165, 1.54) is 19.2 Å². The molecule has 22 heavy (non-hydrogen) atoms. The van der Waals surface area contributed by atoms with Crippen LogP contribution in [0.4, 0.5) is 11.4 Å². The van der Waals surface area contributed by atoms with Crippen LogP contribution in [0.15, 0.2) is 18.2 Å². The Labute approximate surface area is 127 Å². The van der Waals surface area contributed by atoms with Crippen molar-refractivity contribution in [3.05, 3.63) is 33.9 Å². The number of benzene rings is 1. The molecule has 1 amide bonds. The van der Waals surface area contributed by atoms with Crippen molar-refractivity contribution >= 4 is 23.3 Å². The molecule has 0 aromatic heterocycles. The first kappa shape index (κ1) is 15.7. The fourth-order valence-corrected chi connectivity index (χ4v) is 2.36. The van der Waals surface area contributed by atoms with Gasteiger partial charge in [0.05, 0.1) is 12.0 Å². The molecule has 0 saturated carbocycles. The number of esters is 1. The van der Waals surface area contributed by atoms with Crippen molar-refractivity contribution in [1.82, 2.24) is 5.32 Å². The van der Waals surface area contributed by atoms with E-state index in [9.17, 15) is 19.7 Å². The summed E-state index contributed by atoms with van der Waals surface area (Å²) < 4.78 is 4.42. The van der Waals surface area contributed by atoms with Gasteiger partial charge in [0.1, 0.15) is 12.2 Å². The standard InChI is InChI=1S/C14H17N3O5/c1-22-13(18)9-15-14(19)10-4-5-11(12(8-10)17(20)21)16-6-2-3-7-16/h4-5,8H,2-3,6-7,9H2,1H3,(H,15,19). The normalized spacial score (nSPS) is 13.8. The average Bonchev–Trinajstić information content (AvgIpc) is 3.05. The van der Waals surface area contributed by atoms with Crippen LogP contribution in [0, 0.1) is 10.1 Å².